The summed E-state index contributed by atoms with van der Waals surface area (Å²) in [5.41, 5.74) is 0. The highest BCUT2D eigenvalue weighted by atomic mass is 32.2. The second-order valence-electron chi connectivity index (χ2n) is 7.66. The number of benzene rings is 1. The lowest BCUT2D eigenvalue weighted by molar-refractivity contribution is -0.917. The number of sulfonamides is 1. The van der Waals surface area contributed by atoms with E-state index in [0.717, 1.165) is 36.6 Å². The van der Waals surface area contributed by atoms with Crippen LogP contribution in [0.25, 0.3) is 0 Å². The summed E-state index contributed by atoms with van der Waals surface area (Å²) in [5.74, 6) is -1.16. The molecule has 10 heteroatoms. The third kappa shape index (κ3) is 5.12. The van der Waals surface area contributed by atoms with E-state index in [1.807, 2.05) is 0 Å². The molecule has 8 nitrogen and oxygen atoms in total. The molecule has 3 N–H and O–H groups in total. The second-order valence-corrected chi connectivity index (χ2v) is 9.56. The minimum atomic E-state index is -3.91. The Balaban J connectivity index is 1.52. The van der Waals surface area contributed by atoms with Gasteiger partial charge < -0.3 is 10.2 Å². The van der Waals surface area contributed by atoms with Gasteiger partial charge in [0.15, 0.2) is 6.04 Å². The average Bonchev–Trinajstić information content (AvgIpc) is 3.20. The van der Waals surface area contributed by atoms with Crippen molar-refractivity contribution in [3.8, 4) is 0 Å². The molecule has 1 heterocycles. The third-order valence-corrected chi connectivity index (χ3v) is 7.68. The minimum Gasteiger partial charge on any atom is -0.335 e. The van der Waals surface area contributed by atoms with E-state index < -0.39 is 27.9 Å². The van der Waals surface area contributed by atoms with E-state index >= 15 is 0 Å². The molecule has 3 rings (SSSR count). The normalized spacial score (nSPS) is 20.3. The van der Waals surface area contributed by atoms with Crippen molar-refractivity contribution >= 4 is 22.0 Å². The van der Waals surface area contributed by atoms with Crippen LogP contribution in [0, 0.1) is 5.82 Å². The maximum atomic E-state index is 13.9. The van der Waals surface area contributed by atoms with Crippen LogP contribution in [0.15, 0.2) is 29.2 Å². The molecule has 0 aromatic heterocycles. The van der Waals surface area contributed by atoms with Crippen molar-refractivity contribution in [2.24, 2.45) is 0 Å². The SMILES string of the molecule is C[C@H](C(=O)NC(=O)NC1CCCC1)[NH+]1CCN(S(=O)(=O)c2ccccc2F)CC1. The number of carbonyl (C=O) groups is 2. The standard InChI is InChI=1S/C19H27FN4O4S/c1-14(18(25)22-19(26)21-15-6-2-3-7-15)23-10-12-24(13-11-23)29(27,28)17-9-5-4-8-16(17)20/h4-5,8-9,14-15H,2-3,6-7,10-13H2,1H3,(H2,21,22,25,26)/p+1/t14-/m1/s1. The first-order valence-corrected chi connectivity index (χ1v) is 11.4. The maximum Gasteiger partial charge on any atom is 0.321 e. The predicted octanol–water partition coefficient (Wildman–Crippen LogP) is -0.128. The molecule has 2 aliphatic rings. The molecule has 0 unspecified atom stereocenters. The van der Waals surface area contributed by atoms with Gasteiger partial charge in [-0.05, 0) is 31.9 Å². The van der Waals surface area contributed by atoms with Crippen LogP contribution >= 0.6 is 0 Å². The molecular weight excluding hydrogens is 399 g/mol. The molecule has 0 radical (unpaired) electrons. The van der Waals surface area contributed by atoms with E-state index in [-0.39, 0.29) is 29.9 Å². The van der Waals surface area contributed by atoms with E-state index in [4.69, 9.17) is 0 Å². The lowest BCUT2D eigenvalue weighted by Crippen LogP contribution is -3.19. The monoisotopic (exact) mass is 427 g/mol. The van der Waals surface area contributed by atoms with Gasteiger partial charge in [-0.1, -0.05) is 25.0 Å². The van der Waals surface area contributed by atoms with Gasteiger partial charge in [0.2, 0.25) is 10.0 Å². The van der Waals surface area contributed by atoms with Crippen LogP contribution in [0.2, 0.25) is 0 Å². The zero-order chi connectivity index (χ0) is 21.0. The number of nitrogens with one attached hydrogen (secondary N) is 3. The first-order chi connectivity index (χ1) is 13.8. The third-order valence-electron chi connectivity index (χ3n) is 5.75. The van der Waals surface area contributed by atoms with E-state index in [2.05, 4.69) is 10.6 Å². The number of amides is 3. The number of halogens is 1. The smallest absolute Gasteiger partial charge is 0.321 e. The second kappa shape index (κ2) is 9.19. The Kier molecular flexibility index (Phi) is 6.86. The van der Waals surface area contributed by atoms with Crippen molar-refractivity contribution in [3.05, 3.63) is 30.1 Å². The van der Waals surface area contributed by atoms with Crippen molar-refractivity contribution in [2.75, 3.05) is 26.2 Å². The summed E-state index contributed by atoms with van der Waals surface area (Å²) in [5, 5.41) is 5.20. The van der Waals surface area contributed by atoms with Crippen LogP contribution in [0.4, 0.5) is 9.18 Å². The van der Waals surface area contributed by atoms with Gasteiger partial charge in [0.05, 0.1) is 26.2 Å². The number of piperazine rings is 1. The van der Waals surface area contributed by atoms with Gasteiger partial charge in [-0.2, -0.15) is 4.31 Å². The summed E-state index contributed by atoms with van der Waals surface area (Å²) in [6.45, 7) is 2.86. The molecule has 1 aromatic carbocycles. The Morgan fingerprint density at radius 2 is 1.79 bits per heavy atom. The average molecular weight is 428 g/mol. The van der Waals surface area contributed by atoms with E-state index in [1.54, 1.807) is 6.92 Å². The molecule has 1 aromatic rings. The molecule has 1 saturated heterocycles. The van der Waals surface area contributed by atoms with Crippen LogP contribution in [-0.4, -0.2) is 62.9 Å². The first kappa shape index (κ1) is 21.7. The first-order valence-electron chi connectivity index (χ1n) is 9.99. The maximum absolute atomic E-state index is 13.9. The summed E-state index contributed by atoms with van der Waals surface area (Å²) < 4.78 is 40.5. The van der Waals surface area contributed by atoms with Crippen molar-refractivity contribution < 1.29 is 27.3 Å². The zero-order valence-electron chi connectivity index (χ0n) is 16.5. The van der Waals surface area contributed by atoms with Crippen LogP contribution in [0.1, 0.15) is 32.6 Å². The number of rotatable bonds is 5. The fourth-order valence-electron chi connectivity index (χ4n) is 3.94. The number of quaternary nitrogens is 1. The highest BCUT2D eigenvalue weighted by Crippen LogP contribution is 2.19. The van der Waals surface area contributed by atoms with Gasteiger partial charge >= 0.3 is 6.03 Å². The van der Waals surface area contributed by atoms with E-state index in [1.165, 1.54) is 22.5 Å². The van der Waals surface area contributed by atoms with E-state index in [0.29, 0.717) is 13.1 Å². The molecular formula is C19H28FN4O4S+. The van der Waals surface area contributed by atoms with Crippen molar-refractivity contribution in [2.45, 2.75) is 49.6 Å². The Bertz CT molecular complexity index is 850. The molecule has 1 atom stereocenters. The van der Waals surface area contributed by atoms with Crippen molar-refractivity contribution in [1.82, 2.24) is 14.9 Å². The Hall–Kier alpha value is -2.04. The molecule has 2 fully saturated rings. The quantitative estimate of drug-likeness (QED) is 0.610. The number of hydrogen-bond donors (Lipinski definition) is 3. The van der Waals surface area contributed by atoms with Crippen molar-refractivity contribution in [1.29, 1.82) is 0 Å². The van der Waals surface area contributed by atoms with Gasteiger partial charge in [0, 0.05) is 6.04 Å². The predicted molar refractivity (Wildman–Crippen MR) is 104 cm³/mol. The van der Waals surface area contributed by atoms with Crippen molar-refractivity contribution in [3.63, 3.8) is 0 Å². The molecule has 1 aliphatic carbocycles. The summed E-state index contributed by atoms with van der Waals surface area (Å²) in [7, 11) is -3.91. The van der Waals surface area contributed by atoms with Gasteiger partial charge in [-0.3, -0.25) is 10.1 Å². The molecule has 1 aliphatic heterocycles. The summed E-state index contributed by atoms with van der Waals surface area (Å²) in [6, 6.07) is 4.45. The Labute approximate surface area is 170 Å². The number of carbonyl (C=O) groups excluding carboxylic acids is 2. The summed E-state index contributed by atoms with van der Waals surface area (Å²) >= 11 is 0. The van der Waals surface area contributed by atoms with Gasteiger partial charge in [-0.15, -0.1) is 0 Å². The van der Waals surface area contributed by atoms with Crippen LogP contribution in [0.5, 0.6) is 0 Å². The van der Waals surface area contributed by atoms with Gasteiger partial charge in [0.1, 0.15) is 10.7 Å². The molecule has 1 saturated carbocycles. The number of urea groups is 1. The fourth-order valence-corrected chi connectivity index (χ4v) is 5.44. The van der Waals surface area contributed by atoms with Crippen LogP contribution in [-0.2, 0) is 14.8 Å². The Morgan fingerprint density at radius 1 is 1.17 bits per heavy atom. The van der Waals surface area contributed by atoms with E-state index in [9.17, 15) is 22.4 Å². The molecule has 29 heavy (non-hydrogen) atoms. The number of imide groups is 1. The molecule has 3 amide bonds. The molecule has 160 valence electrons. The summed E-state index contributed by atoms with van der Waals surface area (Å²) in [4.78, 5) is 24.9. The lowest BCUT2D eigenvalue weighted by atomic mass is 10.2. The highest BCUT2D eigenvalue weighted by Gasteiger charge is 2.36. The topological polar surface area (TPSA) is 100 Å². The fraction of sp³-hybridized carbons (Fsp3) is 0.579. The number of nitrogens with zero attached hydrogens (tertiary/aromatic N) is 1. The largest absolute Gasteiger partial charge is 0.335 e. The molecule has 0 spiro atoms. The van der Waals surface area contributed by atoms with Crippen LogP contribution < -0.4 is 15.5 Å². The van der Waals surface area contributed by atoms with Crippen LogP contribution in [0.3, 0.4) is 0 Å². The Morgan fingerprint density at radius 3 is 2.41 bits per heavy atom. The minimum absolute atomic E-state index is 0.123. The molecule has 0 bridgehead atoms. The summed E-state index contributed by atoms with van der Waals surface area (Å²) in [6.07, 6.45) is 4.03. The lowest BCUT2D eigenvalue weighted by Gasteiger charge is -2.34. The number of hydrogen-bond acceptors (Lipinski definition) is 4. The highest BCUT2D eigenvalue weighted by molar-refractivity contribution is 7.89. The van der Waals surface area contributed by atoms with Gasteiger partial charge in [-0.25, -0.2) is 17.6 Å². The zero-order valence-corrected chi connectivity index (χ0v) is 17.3. The van der Waals surface area contributed by atoms with Gasteiger partial charge in [0.25, 0.3) is 5.91 Å².